The highest BCUT2D eigenvalue weighted by molar-refractivity contribution is 7.75. The van der Waals surface area contributed by atoms with E-state index in [1.165, 1.54) is 0 Å². The smallest absolute Gasteiger partial charge is 0.309 e. The Labute approximate surface area is 166 Å². The Morgan fingerprint density at radius 3 is 2.25 bits per heavy atom. The molecule has 1 unspecified atom stereocenters. The van der Waals surface area contributed by atoms with Crippen LogP contribution in [0, 0.1) is 0 Å². The molecule has 0 fully saturated rings. The van der Waals surface area contributed by atoms with Crippen LogP contribution in [0.1, 0.15) is 10.5 Å². The lowest BCUT2D eigenvalue weighted by atomic mass is 10.2. The molecular weight excluding hydrogens is 395 g/mol. The highest BCUT2D eigenvalue weighted by Crippen LogP contribution is 2.48. The van der Waals surface area contributed by atoms with Crippen molar-refractivity contribution in [2.75, 3.05) is 0 Å². The Hall–Kier alpha value is -3.01. The molecule has 0 spiro atoms. The number of nitrogens with two attached hydrogens (primary N) is 1. The highest BCUT2D eigenvalue weighted by atomic mass is 35.5. The first-order chi connectivity index (χ1) is 13.5. The van der Waals surface area contributed by atoms with E-state index in [-0.39, 0.29) is 11.0 Å². The number of carbonyl (C=O) groups excluding carboxylic acids is 1. The molecule has 140 valence electrons. The van der Waals surface area contributed by atoms with Gasteiger partial charge in [-0.1, -0.05) is 48.0 Å². The van der Waals surface area contributed by atoms with Crippen LogP contribution in [0.2, 0.25) is 5.02 Å². The van der Waals surface area contributed by atoms with E-state index in [2.05, 4.69) is 4.98 Å². The number of rotatable bonds is 5. The molecule has 1 heterocycles. The predicted molar refractivity (Wildman–Crippen MR) is 112 cm³/mol. The van der Waals surface area contributed by atoms with Gasteiger partial charge < -0.3 is 15.2 Å². The van der Waals surface area contributed by atoms with Crippen LogP contribution in [0.25, 0.3) is 10.9 Å². The Morgan fingerprint density at radius 1 is 0.964 bits per heavy atom. The summed E-state index contributed by atoms with van der Waals surface area (Å²) in [5, 5.41) is 1.64. The van der Waals surface area contributed by atoms with Gasteiger partial charge in [0.25, 0.3) is 5.91 Å². The molecule has 3 aromatic carbocycles. The quantitative estimate of drug-likeness (QED) is 0.483. The van der Waals surface area contributed by atoms with Crippen LogP contribution in [0.5, 0.6) is 5.75 Å². The van der Waals surface area contributed by atoms with Crippen LogP contribution in [-0.4, -0.2) is 10.9 Å². The summed E-state index contributed by atoms with van der Waals surface area (Å²) in [6, 6.07) is 22.6. The second-order valence-electron chi connectivity index (χ2n) is 6.19. The van der Waals surface area contributed by atoms with Gasteiger partial charge in [0, 0.05) is 15.9 Å². The van der Waals surface area contributed by atoms with Crippen LogP contribution in [-0.2, 0) is 4.57 Å². The van der Waals surface area contributed by atoms with Gasteiger partial charge in [-0.25, -0.2) is 0 Å². The number of halogens is 1. The fraction of sp³-hybridized carbons (Fsp3) is 0. The molecule has 1 amide bonds. The van der Waals surface area contributed by atoms with E-state index in [1.54, 1.807) is 66.7 Å². The number of aromatic nitrogens is 1. The molecule has 1 atom stereocenters. The predicted octanol–water partition coefficient (Wildman–Crippen LogP) is 4.23. The number of H-pyrrole nitrogens is 1. The summed E-state index contributed by atoms with van der Waals surface area (Å²) in [6.07, 6.45) is 0. The van der Waals surface area contributed by atoms with Crippen LogP contribution >= 0.6 is 19.0 Å². The van der Waals surface area contributed by atoms with Crippen molar-refractivity contribution in [3.05, 3.63) is 89.6 Å². The molecule has 0 saturated carbocycles. The number of aromatic amines is 1. The van der Waals surface area contributed by atoms with Gasteiger partial charge in [0.15, 0.2) is 0 Å². The number of benzene rings is 3. The van der Waals surface area contributed by atoms with E-state index in [1.807, 2.05) is 12.1 Å². The van der Waals surface area contributed by atoms with Crippen LogP contribution in [0.3, 0.4) is 0 Å². The van der Waals surface area contributed by atoms with Crippen LogP contribution in [0.4, 0.5) is 0 Å². The van der Waals surface area contributed by atoms with Gasteiger partial charge in [-0.15, -0.1) is 0 Å². The molecule has 5 nitrogen and oxygen atoms in total. The minimum absolute atomic E-state index is 0.0420. The van der Waals surface area contributed by atoms with Crippen molar-refractivity contribution in [1.29, 1.82) is 0 Å². The Kier molecular flexibility index (Phi) is 4.71. The topological polar surface area (TPSA) is 85.2 Å². The van der Waals surface area contributed by atoms with Crippen molar-refractivity contribution < 1.29 is 13.9 Å². The summed E-state index contributed by atoms with van der Waals surface area (Å²) in [7, 11) is -3.75. The standard InChI is InChI=1S/C21H16ClN2O3P/c22-14-11-12-18-17(13-14)20(19(24-18)21(23)25)28(26,16-9-5-2-6-10-16)27-15-7-3-1-4-8-15/h1-13,24H,(H2,23,25). The number of hydrogen-bond donors (Lipinski definition) is 2. The molecule has 4 aromatic rings. The Morgan fingerprint density at radius 2 is 1.61 bits per heavy atom. The van der Waals surface area contributed by atoms with Gasteiger partial charge in [-0.05, 0) is 42.5 Å². The van der Waals surface area contributed by atoms with Crippen molar-refractivity contribution in [1.82, 2.24) is 4.98 Å². The Bertz CT molecular complexity index is 1210. The first kappa shape index (κ1) is 18.4. The maximum absolute atomic E-state index is 14.4. The third-order valence-corrected chi connectivity index (χ3v) is 7.08. The SMILES string of the molecule is NC(=O)c1[nH]c2ccc(Cl)cc2c1P(=O)(Oc1ccccc1)c1ccccc1. The zero-order valence-electron chi connectivity index (χ0n) is 14.6. The van der Waals surface area contributed by atoms with E-state index in [0.717, 1.165) is 0 Å². The van der Waals surface area contributed by atoms with Gasteiger partial charge in [-0.2, -0.15) is 0 Å². The molecule has 3 N–H and O–H groups in total. The lowest BCUT2D eigenvalue weighted by molar-refractivity contribution is 0.0997. The molecule has 7 heteroatoms. The summed E-state index contributed by atoms with van der Waals surface area (Å²) in [4.78, 5) is 15.2. The first-order valence-corrected chi connectivity index (χ1v) is 10.5. The maximum Gasteiger partial charge on any atom is 0.309 e. The zero-order chi connectivity index (χ0) is 19.7. The fourth-order valence-corrected chi connectivity index (χ4v) is 5.69. The van der Waals surface area contributed by atoms with Crippen LogP contribution in [0.15, 0.2) is 78.9 Å². The Balaban J connectivity index is 2.05. The summed E-state index contributed by atoms with van der Waals surface area (Å²) in [6.45, 7) is 0. The van der Waals surface area contributed by atoms with E-state index >= 15 is 0 Å². The normalized spacial score (nSPS) is 13.2. The van der Waals surface area contributed by atoms with Gasteiger partial charge in [0.2, 0.25) is 0 Å². The molecule has 1 aromatic heterocycles. The zero-order valence-corrected chi connectivity index (χ0v) is 16.3. The number of hydrogen-bond acceptors (Lipinski definition) is 3. The minimum atomic E-state index is -3.75. The monoisotopic (exact) mass is 410 g/mol. The maximum atomic E-state index is 14.4. The summed E-state index contributed by atoms with van der Waals surface area (Å²) in [5.41, 5.74) is 6.24. The number of para-hydroxylation sites is 1. The molecule has 0 aliphatic carbocycles. The van der Waals surface area contributed by atoms with E-state index in [0.29, 0.717) is 27.0 Å². The highest BCUT2D eigenvalue weighted by Gasteiger charge is 2.37. The van der Waals surface area contributed by atoms with Crippen molar-refractivity contribution in [3.63, 3.8) is 0 Å². The molecule has 0 aliphatic heterocycles. The summed E-state index contributed by atoms with van der Waals surface area (Å²) >= 11 is 6.18. The first-order valence-electron chi connectivity index (χ1n) is 8.51. The largest absolute Gasteiger partial charge is 0.437 e. The lowest BCUT2D eigenvalue weighted by Crippen LogP contribution is -2.27. The lowest BCUT2D eigenvalue weighted by Gasteiger charge is -2.21. The third-order valence-electron chi connectivity index (χ3n) is 4.35. The van der Waals surface area contributed by atoms with E-state index in [9.17, 15) is 9.36 Å². The second kappa shape index (κ2) is 7.19. The van der Waals surface area contributed by atoms with Gasteiger partial charge in [-0.3, -0.25) is 9.36 Å². The molecule has 28 heavy (non-hydrogen) atoms. The van der Waals surface area contributed by atoms with Gasteiger partial charge in [0.05, 0.1) is 10.6 Å². The molecule has 0 saturated heterocycles. The molecule has 0 aliphatic rings. The number of nitrogens with one attached hydrogen (secondary N) is 1. The molecule has 4 rings (SSSR count). The molecular formula is C21H16ClN2O3P. The van der Waals surface area contributed by atoms with Crippen molar-refractivity contribution in [2.24, 2.45) is 5.73 Å². The third kappa shape index (κ3) is 3.19. The van der Waals surface area contributed by atoms with Crippen molar-refractivity contribution >= 4 is 46.4 Å². The summed E-state index contributed by atoms with van der Waals surface area (Å²) in [5.74, 6) is -0.309. The fourth-order valence-electron chi connectivity index (χ4n) is 3.12. The van der Waals surface area contributed by atoms with Crippen molar-refractivity contribution in [2.45, 2.75) is 0 Å². The molecule has 0 radical (unpaired) electrons. The number of carbonyl (C=O) groups is 1. The minimum Gasteiger partial charge on any atom is -0.437 e. The second-order valence-corrected chi connectivity index (χ2v) is 8.88. The van der Waals surface area contributed by atoms with Gasteiger partial charge in [0.1, 0.15) is 11.4 Å². The average molecular weight is 411 g/mol. The van der Waals surface area contributed by atoms with Crippen LogP contribution < -0.4 is 20.9 Å². The summed E-state index contributed by atoms with van der Waals surface area (Å²) < 4.78 is 20.5. The van der Waals surface area contributed by atoms with Crippen molar-refractivity contribution in [3.8, 4) is 5.75 Å². The number of primary amides is 1. The van der Waals surface area contributed by atoms with E-state index in [4.69, 9.17) is 21.9 Å². The van der Waals surface area contributed by atoms with E-state index < -0.39 is 13.3 Å². The molecule has 0 bridgehead atoms. The number of fused-ring (bicyclic) bond motifs is 1. The average Bonchev–Trinajstić information content (AvgIpc) is 3.09. The van der Waals surface area contributed by atoms with Gasteiger partial charge >= 0.3 is 7.37 Å². The number of amides is 1.